The maximum absolute atomic E-state index is 9.30. The lowest BCUT2D eigenvalue weighted by Crippen LogP contribution is -2.17. The highest BCUT2D eigenvalue weighted by molar-refractivity contribution is 7.43. The van der Waals surface area contributed by atoms with Gasteiger partial charge in [0, 0.05) is 19.9 Å². The van der Waals surface area contributed by atoms with Crippen molar-refractivity contribution in [3.05, 3.63) is 4.85 Å². The van der Waals surface area contributed by atoms with Crippen molar-refractivity contribution in [3.63, 3.8) is 0 Å². The number of rotatable bonds is 5. The monoisotopic (exact) mass is 219 g/mol. The van der Waals surface area contributed by atoms with Crippen molar-refractivity contribution in [3.8, 4) is 6.07 Å². The molecule has 0 radical (unpaired) electrons. The SMILES string of the molecule is CC(C)[N+]#CCCOP(O)NC(C)C. The third-order valence-corrected chi connectivity index (χ3v) is 2.31. The summed E-state index contributed by atoms with van der Waals surface area (Å²) in [4.78, 5) is 13.4. The number of nitrogens with zero attached hydrogens (tertiary/aromatic N) is 1. The van der Waals surface area contributed by atoms with E-state index >= 15 is 0 Å². The summed E-state index contributed by atoms with van der Waals surface area (Å²) in [6.45, 7) is 8.36. The van der Waals surface area contributed by atoms with E-state index in [0.717, 1.165) is 0 Å². The number of hydrogen-bond donors (Lipinski definition) is 2. The first-order valence-corrected chi connectivity index (χ1v) is 6.04. The van der Waals surface area contributed by atoms with Crippen molar-refractivity contribution in [1.29, 1.82) is 0 Å². The van der Waals surface area contributed by atoms with E-state index in [0.29, 0.717) is 13.0 Å². The Balaban J connectivity index is 3.41. The van der Waals surface area contributed by atoms with Crippen LogP contribution < -0.4 is 5.09 Å². The lowest BCUT2D eigenvalue weighted by atomic mass is 10.4. The van der Waals surface area contributed by atoms with Gasteiger partial charge in [-0.25, -0.2) is 5.09 Å². The van der Waals surface area contributed by atoms with Crippen molar-refractivity contribution < 1.29 is 9.42 Å². The van der Waals surface area contributed by atoms with E-state index in [1.54, 1.807) is 0 Å². The van der Waals surface area contributed by atoms with Gasteiger partial charge in [0.2, 0.25) is 0 Å². The lowest BCUT2D eigenvalue weighted by molar-refractivity contribution is 0.307. The summed E-state index contributed by atoms with van der Waals surface area (Å²) in [6, 6.07) is 3.38. The van der Waals surface area contributed by atoms with Crippen molar-refractivity contribution in [2.24, 2.45) is 0 Å². The van der Waals surface area contributed by atoms with Gasteiger partial charge in [-0.1, -0.05) is 4.85 Å². The van der Waals surface area contributed by atoms with Gasteiger partial charge in [0.25, 0.3) is 20.6 Å². The molecule has 0 aliphatic rings. The number of hydrogen-bond acceptors (Lipinski definition) is 3. The van der Waals surface area contributed by atoms with Crippen molar-refractivity contribution in [1.82, 2.24) is 5.09 Å². The molecule has 1 atom stereocenters. The average molecular weight is 219 g/mol. The van der Waals surface area contributed by atoms with Crippen LogP contribution in [0.25, 0.3) is 4.85 Å². The van der Waals surface area contributed by atoms with Gasteiger partial charge in [0.05, 0.1) is 6.61 Å². The van der Waals surface area contributed by atoms with Crippen LogP contribution in [0.1, 0.15) is 34.1 Å². The molecule has 0 aliphatic carbocycles. The molecule has 2 N–H and O–H groups in total. The summed E-state index contributed by atoms with van der Waals surface area (Å²) in [5.41, 5.74) is 0. The Morgan fingerprint density at radius 1 is 1.43 bits per heavy atom. The van der Waals surface area contributed by atoms with E-state index in [-0.39, 0.29) is 12.1 Å². The smallest absolute Gasteiger partial charge is 0.275 e. The lowest BCUT2D eigenvalue weighted by Gasteiger charge is -2.12. The summed E-state index contributed by atoms with van der Waals surface area (Å²) >= 11 is 0. The highest BCUT2D eigenvalue weighted by atomic mass is 31.2. The first-order valence-electron chi connectivity index (χ1n) is 4.83. The second-order valence-corrected chi connectivity index (χ2v) is 4.58. The Kier molecular flexibility index (Phi) is 8.02. The summed E-state index contributed by atoms with van der Waals surface area (Å²) in [6.07, 6.45) is 0.622. The van der Waals surface area contributed by atoms with Gasteiger partial charge in [-0.3, -0.25) is 0 Å². The molecule has 1 unspecified atom stereocenters. The van der Waals surface area contributed by atoms with Gasteiger partial charge in [0.1, 0.15) is 6.42 Å². The zero-order valence-corrected chi connectivity index (χ0v) is 10.2. The second kappa shape index (κ2) is 8.14. The number of nitrogens with one attached hydrogen (secondary N) is 1. The Morgan fingerprint density at radius 2 is 2.07 bits per heavy atom. The van der Waals surface area contributed by atoms with E-state index in [1.807, 2.05) is 27.7 Å². The molecule has 0 bridgehead atoms. The Bertz CT molecular complexity index is 199. The summed E-state index contributed by atoms with van der Waals surface area (Å²) in [5, 5.41) is 2.88. The van der Waals surface area contributed by atoms with Gasteiger partial charge in [-0.2, -0.15) is 0 Å². The summed E-state index contributed by atoms with van der Waals surface area (Å²) in [7, 11) is -1.48. The predicted octanol–water partition coefficient (Wildman–Crippen LogP) is 2.35. The largest absolute Gasteiger partial charge is 0.338 e. The van der Waals surface area contributed by atoms with E-state index in [2.05, 4.69) is 16.0 Å². The molecule has 0 amide bonds. The van der Waals surface area contributed by atoms with Crippen molar-refractivity contribution in [2.45, 2.75) is 46.2 Å². The third kappa shape index (κ3) is 9.88. The van der Waals surface area contributed by atoms with E-state index < -0.39 is 8.53 Å². The maximum atomic E-state index is 9.30. The minimum absolute atomic E-state index is 0.236. The minimum Gasteiger partial charge on any atom is -0.338 e. The van der Waals surface area contributed by atoms with Crippen LogP contribution in [0.15, 0.2) is 0 Å². The average Bonchev–Trinajstić information content (AvgIpc) is 2.01. The van der Waals surface area contributed by atoms with Gasteiger partial charge in [-0.05, 0) is 13.8 Å². The first kappa shape index (κ1) is 13.8. The van der Waals surface area contributed by atoms with Gasteiger partial charge in [-0.15, -0.1) is 0 Å². The molecule has 0 spiro atoms. The molecule has 0 saturated carbocycles. The predicted molar refractivity (Wildman–Crippen MR) is 60.4 cm³/mol. The fourth-order valence-electron chi connectivity index (χ4n) is 0.683. The maximum Gasteiger partial charge on any atom is 0.275 e. The molecule has 0 aromatic carbocycles. The highest BCUT2D eigenvalue weighted by Gasteiger charge is 2.06. The summed E-state index contributed by atoms with van der Waals surface area (Å²) < 4.78 is 5.12. The quantitative estimate of drug-likeness (QED) is 0.551. The van der Waals surface area contributed by atoms with Gasteiger partial charge >= 0.3 is 0 Å². The zero-order chi connectivity index (χ0) is 11.0. The molecule has 0 rings (SSSR count). The molecule has 0 saturated heterocycles. The third-order valence-electron chi connectivity index (χ3n) is 1.15. The molecule has 14 heavy (non-hydrogen) atoms. The fraction of sp³-hybridized carbons (Fsp3) is 0.889. The standard InChI is InChI=1S/C9H20N2O2P/c1-8(2)10-6-5-7-13-14(12)11-9(3)4/h8-9,11-12H,5,7H2,1-4H3/q+1. The first-order chi connectivity index (χ1) is 6.52. The Morgan fingerprint density at radius 3 is 2.57 bits per heavy atom. The molecule has 4 nitrogen and oxygen atoms in total. The van der Waals surface area contributed by atoms with E-state index in [9.17, 15) is 4.89 Å². The van der Waals surface area contributed by atoms with Gasteiger partial charge in [0.15, 0.2) is 0 Å². The molecule has 0 heterocycles. The van der Waals surface area contributed by atoms with E-state index in [1.165, 1.54) is 0 Å². The topological polar surface area (TPSA) is 45.9 Å². The molecular formula is C9H20N2O2P+. The zero-order valence-electron chi connectivity index (χ0n) is 9.32. The molecule has 0 fully saturated rings. The van der Waals surface area contributed by atoms with Gasteiger partial charge < -0.3 is 9.42 Å². The van der Waals surface area contributed by atoms with Crippen LogP contribution >= 0.6 is 8.53 Å². The normalized spacial score (nSPS) is 12.8. The minimum atomic E-state index is -1.48. The molecule has 0 aromatic heterocycles. The van der Waals surface area contributed by atoms with Crippen LogP contribution in [-0.4, -0.2) is 23.6 Å². The molecule has 5 heteroatoms. The van der Waals surface area contributed by atoms with Crippen LogP contribution in [0.2, 0.25) is 0 Å². The van der Waals surface area contributed by atoms with Crippen LogP contribution in [0, 0.1) is 6.07 Å². The Labute approximate surface area is 87.4 Å². The summed E-state index contributed by atoms with van der Waals surface area (Å²) in [5.74, 6) is 0. The van der Waals surface area contributed by atoms with Crippen LogP contribution in [-0.2, 0) is 4.52 Å². The molecule has 0 aliphatic heterocycles. The van der Waals surface area contributed by atoms with Crippen LogP contribution in [0.3, 0.4) is 0 Å². The Hall–Kier alpha value is -0.200. The highest BCUT2D eigenvalue weighted by Crippen LogP contribution is 2.26. The van der Waals surface area contributed by atoms with Crippen LogP contribution in [0.4, 0.5) is 0 Å². The van der Waals surface area contributed by atoms with Crippen LogP contribution in [0.5, 0.6) is 0 Å². The molecule has 82 valence electrons. The second-order valence-electron chi connectivity index (χ2n) is 3.52. The molecular weight excluding hydrogens is 199 g/mol. The van der Waals surface area contributed by atoms with E-state index in [4.69, 9.17) is 4.52 Å². The molecule has 0 aromatic rings. The fourth-order valence-corrected chi connectivity index (χ4v) is 1.46. The van der Waals surface area contributed by atoms with Crippen molar-refractivity contribution in [2.75, 3.05) is 6.61 Å². The van der Waals surface area contributed by atoms with Crippen molar-refractivity contribution >= 4 is 8.53 Å².